The molecule has 0 amide bonds. The molecule has 20 heavy (non-hydrogen) atoms. The second kappa shape index (κ2) is 5.58. The summed E-state index contributed by atoms with van der Waals surface area (Å²) in [5.74, 6) is 0. The van der Waals surface area contributed by atoms with Crippen LogP contribution in [0.4, 0.5) is 11.4 Å². The number of aromatic nitrogens is 1. The molecule has 5 heteroatoms. The molecule has 108 valence electrons. The third kappa shape index (κ3) is 2.47. The van der Waals surface area contributed by atoms with E-state index in [1.165, 1.54) is 19.3 Å². The van der Waals surface area contributed by atoms with Crippen molar-refractivity contribution in [1.29, 1.82) is 0 Å². The molecule has 1 fully saturated rings. The van der Waals surface area contributed by atoms with Crippen LogP contribution in [0.1, 0.15) is 30.7 Å². The zero-order valence-electron chi connectivity index (χ0n) is 11.8. The highest BCUT2D eigenvalue weighted by Gasteiger charge is 2.26. The number of aliphatic hydroxyl groups excluding tert-OH is 1. The Hall–Kier alpha value is -1.33. The average Bonchev–Trinajstić information content (AvgIpc) is 2.70. The summed E-state index contributed by atoms with van der Waals surface area (Å²) in [6, 6.07) is 4.73. The maximum atomic E-state index is 9.11. The topological polar surface area (TPSA) is 62.4 Å². The highest BCUT2D eigenvalue weighted by molar-refractivity contribution is 7.18. The SMILES string of the molecule is Cc1nc2cc(N(CCCO)C3CCC3)c(N)cc2s1. The van der Waals surface area contributed by atoms with Crippen LogP contribution in [-0.2, 0) is 0 Å². The zero-order valence-corrected chi connectivity index (χ0v) is 12.6. The number of nitrogens with two attached hydrogens (primary N) is 1. The molecule has 2 aromatic rings. The number of hydrogen-bond acceptors (Lipinski definition) is 5. The fourth-order valence-electron chi connectivity index (χ4n) is 2.78. The predicted octanol–water partition coefficient (Wildman–Crippen LogP) is 2.93. The number of thiazole rings is 1. The van der Waals surface area contributed by atoms with E-state index in [-0.39, 0.29) is 6.61 Å². The van der Waals surface area contributed by atoms with Crippen LogP contribution in [0, 0.1) is 6.92 Å². The maximum absolute atomic E-state index is 9.11. The van der Waals surface area contributed by atoms with Crippen molar-refractivity contribution in [3.05, 3.63) is 17.1 Å². The van der Waals surface area contributed by atoms with Crippen LogP contribution >= 0.6 is 11.3 Å². The summed E-state index contributed by atoms with van der Waals surface area (Å²) in [6.45, 7) is 3.11. The van der Waals surface area contributed by atoms with Crippen molar-refractivity contribution in [2.45, 2.75) is 38.6 Å². The molecule has 4 nitrogen and oxygen atoms in total. The van der Waals surface area contributed by atoms with E-state index in [1.807, 2.05) is 13.0 Å². The Morgan fingerprint density at radius 1 is 1.45 bits per heavy atom. The quantitative estimate of drug-likeness (QED) is 0.831. The van der Waals surface area contributed by atoms with Gasteiger partial charge in [-0.15, -0.1) is 11.3 Å². The van der Waals surface area contributed by atoms with Gasteiger partial charge in [-0.3, -0.25) is 0 Å². The largest absolute Gasteiger partial charge is 0.397 e. The molecule has 1 aliphatic carbocycles. The van der Waals surface area contributed by atoms with Crippen molar-refractivity contribution in [3.63, 3.8) is 0 Å². The van der Waals surface area contributed by atoms with E-state index in [0.29, 0.717) is 6.04 Å². The molecule has 0 aliphatic heterocycles. The van der Waals surface area contributed by atoms with Crippen LogP contribution in [0.2, 0.25) is 0 Å². The van der Waals surface area contributed by atoms with Gasteiger partial charge in [-0.2, -0.15) is 0 Å². The fourth-order valence-corrected chi connectivity index (χ4v) is 3.64. The summed E-state index contributed by atoms with van der Waals surface area (Å²) < 4.78 is 1.15. The van der Waals surface area contributed by atoms with E-state index in [1.54, 1.807) is 11.3 Å². The summed E-state index contributed by atoms with van der Waals surface area (Å²) >= 11 is 1.68. The lowest BCUT2D eigenvalue weighted by atomic mass is 9.90. The first-order valence-electron chi connectivity index (χ1n) is 7.23. The van der Waals surface area contributed by atoms with E-state index in [0.717, 1.165) is 39.6 Å². The monoisotopic (exact) mass is 291 g/mol. The number of aryl methyl sites for hydroxylation is 1. The van der Waals surface area contributed by atoms with Gasteiger partial charge in [0, 0.05) is 19.2 Å². The lowest BCUT2D eigenvalue weighted by Gasteiger charge is -2.39. The Morgan fingerprint density at radius 3 is 2.90 bits per heavy atom. The van der Waals surface area contributed by atoms with Crippen molar-refractivity contribution >= 4 is 32.9 Å². The Balaban J connectivity index is 1.97. The van der Waals surface area contributed by atoms with Gasteiger partial charge in [-0.25, -0.2) is 4.98 Å². The number of fused-ring (bicyclic) bond motifs is 1. The molecule has 1 saturated carbocycles. The lowest BCUT2D eigenvalue weighted by Crippen LogP contribution is -2.41. The molecular weight excluding hydrogens is 270 g/mol. The zero-order chi connectivity index (χ0) is 14.1. The van der Waals surface area contributed by atoms with Crippen LogP contribution in [0.25, 0.3) is 10.2 Å². The standard InChI is InChI=1S/C15H21N3OS/c1-10-17-13-9-14(12(16)8-15(13)20-10)18(6-3-7-19)11-4-2-5-11/h8-9,11,19H,2-7,16H2,1H3. The number of hydrogen-bond donors (Lipinski definition) is 2. The maximum Gasteiger partial charge on any atom is 0.0907 e. The minimum Gasteiger partial charge on any atom is -0.397 e. The second-order valence-electron chi connectivity index (χ2n) is 5.47. The van der Waals surface area contributed by atoms with Gasteiger partial charge in [0.25, 0.3) is 0 Å². The molecular formula is C15H21N3OS. The third-order valence-electron chi connectivity index (χ3n) is 4.03. The van der Waals surface area contributed by atoms with E-state index in [2.05, 4.69) is 16.0 Å². The van der Waals surface area contributed by atoms with Gasteiger partial charge >= 0.3 is 0 Å². The number of nitrogen functional groups attached to an aromatic ring is 1. The summed E-state index contributed by atoms with van der Waals surface area (Å²) in [4.78, 5) is 6.93. The molecule has 1 aromatic heterocycles. The first-order valence-corrected chi connectivity index (χ1v) is 8.05. The summed E-state index contributed by atoms with van der Waals surface area (Å²) in [5.41, 5.74) is 9.20. The number of rotatable bonds is 5. The summed E-state index contributed by atoms with van der Waals surface area (Å²) in [5, 5.41) is 10.2. The van der Waals surface area contributed by atoms with E-state index < -0.39 is 0 Å². The van der Waals surface area contributed by atoms with Crippen LogP contribution < -0.4 is 10.6 Å². The third-order valence-corrected chi connectivity index (χ3v) is 4.96. The minimum atomic E-state index is 0.223. The molecule has 1 aromatic carbocycles. The van der Waals surface area contributed by atoms with Crippen molar-refractivity contribution in [3.8, 4) is 0 Å². The van der Waals surface area contributed by atoms with E-state index in [9.17, 15) is 0 Å². The van der Waals surface area contributed by atoms with Crippen LogP contribution in [0.3, 0.4) is 0 Å². The van der Waals surface area contributed by atoms with Crippen LogP contribution in [0.5, 0.6) is 0 Å². The first-order chi connectivity index (χ1) is 9.69. The van der Waals surface area contributed by atoms with Crippen LogP contribution in [0.15, 0.2) is 12.1 Å². The Kier molecular flexibility index (Phi) is 3.81. The summed E-state index contributed by atoms with van der Waals surface area (Å²) in [7, 11) is 0. The molecule has 0 atom stereocenters. The minimum absolute atomic E-state index is 0.223. The predicted molar refractivity (Wildman–Crippen MR) is 85.5 cm³/mol. The summed E-state index contributed by atoms with van der Waals surface area (Å²) in [6.07, 6.45) is 4.51. The highest BCUT2D eigenvalue weighted by atomic mass is 32.1. The molecule has 0 bridgehead atoms. The van der Waals surface area contributed by atoms with Crippen molar-refractivity contribution in [2.75, 3.05) is 23.8 Å². The first kappa shape index (κ1) is 13.6. The van der Waals surface area contributed by atoms with Gasteiger partial charge in [0.1, 0.15) is 0 Å². The van der Waals surface area contributed by atoms with Gasteiger partial charge in [0.15, 0.2) is 0 Å². The second-order valence-corrected chi connectivity index (χ2v) is 6.70. The highest BCUT2D eigenvalue weighted by Crippen LogP contribution is 2.36. The number of nitrogens with zero attached hydrogens (tertiary/aromatic N) is 2. The van der Waals surface area contributed by atoms with Crippen molar-refractivity contribution in [1.82, 2.24) is 4.98 Å². The molecule has 1 heterocycles. The molecule has 0 unspecified atom stereocenters. The lowest BCUT2D eigenvalue weighted by molar-refractivity contribution is 0.283. The van der Waals surface area contributed by atoms with Gasteiger partial charge in [0.2, 0.25) is 0 Å². The van der Waals surface area contributed by atoms with Crippen LogP contribution in [-0.4, -0.2) is 29.3 Å². The van der Waals surface area contributed by atoms with Gasteiger partial charge < -0.3 is 15.7 Å². The van der Waals surface area contributed by atoms with Crippen molar-refractivity contribution < 1.29 is 5.11 Å². The Morgan fingerprint density at radius 2 is 2.25 bits per heavy atom. The molecule has 3 rings (SSSR count). The average molecular weight is 291 g/mol. The number of anilines is 2. The smallest absolute Gasteiger partial charge is 0.0907 e. The Labute approximate surface area is 123 Å². The Bertz CT molecular complexity index is 606. The van der Waals surface area contributed by atoms with Gasteiger partial charge in [-0.1, -0.05) is 0 Å². The molecule has 1 aliphatic rings. The molecule has 0 spiro atoms. The van der Waals surface area contributed by atoms with E-state index >= 15 is 0 Å². The van der Waals surface area contributed by atoms with Gasteiger partial charge in [0.05, 0.1) is 26.6 Å². The fraction of sp³-hybridized carbons (Fsp3) is 0.533. The molecule has 0 saturated heterocycles. The molecule has 0 radical (unpaired) electrons. The van der Waals surface area contributed by atoms with E-state index in [4.69, 9.17) is 10.8 Å². The number of aliphatic hydroxyl groups is 1. The van der Waals surface area contributed by atoms with Gasteiger partial charge in [-0.05, 0) is 44.7 Å². The van der Waals surface area contributed by atoms with Crippen molar-refractivity contribution in [2.24, 2.45) is 0 Å². The normalized spacial score (nSPS) is 15.5. The number of benzene rings is 1. The molecule has 3 N–H and O–H groups in total.